The van der Waals surface area contributed by atoms with Crippen LogP contribution in [-0.2, 0) is 6.42 Å². The Bertz CT molecular complexity index is 998. The zero-order chi connectivity index (χ0) is 20.9. The molecular formula is C24H25N3O3. The predicted molar refractivity (Wildman–Crippen MR) is 115 cm³/mol. The highest BCUT2D eigenvalue weighted by molar-refractivity contribution is 5.76. The fraction of sp³-hybridized carbons (Fsp3) is 0.292. The number of carbonyl (C=O) groups is 1. The maximum Gasteiger partial charge on any atom is 0.172 e. The number of piperidine rings is 1. The third kappa shape index (κ3) is 4.59. The molecule has 6 nitrogen and oxygen atoms in total. The standard InChI is InChI=1S/C24H25N3O3/c1-17-24(29)22(16-28)26-23(25-17)15-18-11-13-27(14-12-18)19-7-9-21(10-8-19)30-20-5-3-2-4-6-20/h2-10,16,18,29H,11-15H2,1H3. The van der Waals surface area contributed by atoms with Crippen LogP contribution < -0.4 is 9.64 Å². The van der Waals surface area contributed by atoms with Crippen molar-refractivity contribution in [1.29, 1.82) is 0 Å². The molecule has 0 bridgehead atoms. The smallest absolute Gasteiger partial charge is 0.172 e. The molecule has 2 heterocycles. The van der Waals surface area contributed by atoms with Gasteiger partial charge in [-0.05, 0) is 62.1 Å². The van der Waals surface area contributed by atoms with Crippen molar-refractivity contribution in [3.8, 4) is 17.2 Å². The molecule has 30 heavy (non-hydrogen) atoms. The number of aryl methyl sites for hydroxylation is 1. The van der Waals surface area contributed by atoms with E-state index in [0.717, 1.165) is 43.9 Å². The number of para-hydroxylation sites is 1. The topological polar surface area (TPSA) is 75.5 Å². The molecule has 1 N–H and O–H groups in total. The number of carbonyl (C=O) groups excluding carboxylic acids is 1. The Hall–Kier alpha value is -3.41. The van der Waals surface area contributed by atoms with Crippen LogP contribution in [0.15, 0.2) is 54.6 Å². The van der Waals surface area contributed by atoms with Gasteiger partial charge >= 0.3 is 0 Å². The van der Waals surface area contributed by atoms with Crippen LogP contribution in [0, 0.1) is 12.8 Å². The quantitative estimate of drug-likeness (QED) is 0.609. The number of aromatic hydroxyl groups is 1. The molecule has 0 radical (unpaired) electrons. The summed E-state index contributed by atoms with van der Waals surface area (Å²) in [6.07, 6.45) is 3.37. The highest BCUT2D eigenvalue weighted by atomic mass is 16.5. The van der Waals surface area contributed by atoms with Crippen LogP contribution in [-0.4, -0.2) is 34.5 Å². The molecule has 2 aromatic carbocycles. The average molecular weight is 403 g/mol. The van der Waals surface area contributed by atoms with Gasteiger partial charge in [-0.2, -0.15) is 0 Å². The van der Waals surface area contributed by atoms with Crippen LogP contribution >= 0.6 is 0 Å². The maximum atomic E-state index is 11.1. The van der Waals surface area contributed by atoms with Crippen molar-refractivity contribution in [2.45, 2.75) is 26.2 Å². The number of benzene rings is 2. The Kier molecular flexibility index (Phi) is 5.93. The molecule has 1 fully saturated rings. The van der Waals surface area contributed by atoms with Gasteiger partial charge in [0.05, 0.1) is 5.69 Å². The van der Waals surface area contributed by atoms with Gasteiger partial charge in [0.2, 0.25) is 0 Å². The molecule has 0 atom stereocenters. The molecule has 1 aliphatic heterocycles. The zero-order valence-corrected chi connectivity index (χ0v) is 17.0. The van der Waals surface area contributed by atoms with Gasteiger partial charge < -0.3 is 14.7 Å². The molecule has 1 aliphatic rings. The second kappa shape index (κ2) is 8.95. The summed E-state index contributed by atoms with van der Waals surface area (Å²) in [4.78, 5) is 22.0. The summed E-state index contributed by atoms with van der Waals surface area (Å²) in [7, 11) is 0. The van der Waals surface area contributed by atoms with E-state index in [9.17, 15) is 9.90 Å². The van der Waals surface area contributed by atoms with Gasteiger partial charge in [0, 0.05) is 25.2 Å². The Labute approximate surface area is 176 Å². The number of hydrogen-bond donors (Lipinski definition) is 1. The van der Waals surface area contributed by atoms with Gasteiger partial charge in [-0.1, -0.05) is 18.2 Å². The second-order valence-electron chi connectivity index (χ2n) is 7.62. The predicted octanol–water partition coefficient (Wildman–Crippen LogP) is 4.55. The van der Waals surface area contributed by atoms with Gasteiger partial charge in [-0.3, -0.25) is 4.79 Å². The normalized spacial score (nSPS) is 14.5. The lowest BCUT2D eigenvalue weighted by atomic mass is 9.93. The number of ether oxygens (including phenoxy) is 1. The number of anilines is 1. The number of aromatic nitrogens is 2. The van der Waals surface area contributed by atoms with Crippen molar-refractivity contribution in [3.05, 3.63) is 71.8 Å². The third-order valence-corrected chi connectivity index (χ3v) is 5.51. The highest BCUT2D eigenvalue weighted by Crippen LogP contribution is 2.28. The monoisotopic (exact) mass is 403 g/mol. The summed E-state index contributed by atoms with van der Waals surface area (Å²) < 4.78 is 5.87. The van der Waals surface area contributed by atoms with E-state index in [4.69, 9.17) is 4.74 Å². The van der Waals surface area contributed by atoms with Crippen molar-refractivity contribution < 1.29 is 14.6 Å². The van der Waals surface area contributed by atoms with Gasteiger partial charge in [-0.25, -0.2) is 9.97 Å². The van der Waals surface area contributed by atoms with E-state index in [2.05, 4.69) is 27.0 Å². The van der Waals surface area contributed by atoms with E-state index in [1.165, 1.54) is 5.69 Å². The van der Waals surface area contributed by atoms with Crippen LogP contribution in [0.4, 0.5) is 5.69 Å². The molecule has 3 aromatic rings. The minimum absolute atomic E-state index is 0.0766. The lowest BCUT2D eigenvalue weighted by Gasteiger charge is -2.33. The SMILES string of the molecule is Cc1nc(CC2CCN(c3ccc(Oc4ccccc4)cc3)CC2)nc(C=O)c1O. The van der Waals surface area contributed by atoms with Crippen LogP contribution in [0.2, 0.25) is 0 Å². The first-order chi connectivity index (χ1) is 14.6. The number of aldehydes is 1. The molecule has 0 saturated carbocycles. The molecule has 0 unspecified atom stereocenters. The average Bonchev–Trinajstić information content (AvgIpc) is 2.78. The Morgan fingerprint density at radius 3 is 2.37 bits per heavy atom. The zero-order valence-electron chi connectivity index (χ0n) is 17.0. The van der Waals surface area contributed by atoms with E-state index in [-0.39, 0.29) is 11.4 Å². The Morgan fingerprint density at radius 1 is 1.03 bits per heavy atom. The number of nitrogens with zero attached hydrogens (tertiary/aromatic N) is 3. The van der Waals surface area contributed by atoms with Crippen molar-refractivity contribution >= 4 is 12.0 Å². The van der Waals surface area contributed by atoms with E-state index < -0.39 is 0 Å². The Morgan fingerprint density at radius 2 is 1.70 bits per heavy atom. The molecule has 0 aliphatic carbocycles. The van der Waals surface area contributed by atoms with Crippen molar-refractivity contribution in [3.63, 3.8) is 0 Å². The minimum Gasteiger partial charge on any atom is -0.504 e. The largest absolute Gasteiger partial charge is 0.504 e. The van der Waals surface area contributed by atoms with Crippen molar-refractivity contribution in [1.82, 2.24) is 9.97 Å². The molecule has 1 saturated heterocycles. The van der Waals surface area contributed by atoms with E-state index in [0.29, 0.717) is 23.7 Å². The van der Waals surface area contributed by atoms with Crippen LogP contribution in [0.3, 0.4) is 0 Å². The third-order valence-electron chi connectivity index (χ3n) is 5.51. The fourth-order valence-corrected chi connectivity index (χ4v) is 3.83. The molecule has 154 valence electrons. The van der Waals surface area contributed by atoms with Crippen molar-refractivity contribution in [2.75, 3.05) is 18.0 Å². The van der Waals surface area contributed by atoms with Gasteiger partial charge in [-0.15, -0.1) is 0 Å². The summed E-state index contributed by atoms with van der Waals surface area (Å²) >= 11 is 0. The molecule has 6 heteroatoms. The highest BCUT2D eigenvalue weighted by Gasteiger charge is 2.22. The van der Waals surface area contributed by atoms with Crippen LogP contribution in [0.1, 0.15) is 34.8 Å². The molecule has 0 amide bonds. The van der Waals surface area contributed by atoms with Crippen molar-refractivity contribution in [2.24, 2.45) is 5.92 Å². The first-order valence-electron chi connectivity index (χ1n) is 10.2. The molecule has 1 aromatic heterocycles. The van der Waals surface area contributed by atoms with Gasteiger partial charge in [0.15, 0.2) is 12.0 Å². The van der Waals surface area contributed by atoms with E-state index >= 15 is 0 Å². The number of rotatable bonds is 6. The van der Waals surface area contributed by atoms with Gasteiger partial charge in [0.25, 0.3) is 0 Å². The summed E-state index contributed by atoms with van der Waals surface area (Å²) in [6, 6.07) is 18.0. The Balaban J connectivity index is 1.33. The summed E-state index contributed by atoms with van der Waals surface area (Å²) in [5.41, 5.74) is 1.72. The molecule has 0 spiro atoms. The first kappa shape index (κ1) is 19.9. The van der Waals surface area contributed by atoms with Crippen LogP contribution in [0.5, 0.6) is 17.2 Å². The molecule has 4 rings (SSSR count). The van der Waals surface area contributed by atoms with Crippen LogP contribution in [0.25, 0.3) is 0 Å². The minimum atomic E-state index is -0.122. The second-order valence-corrected chi connectivity index (χ2v) is 7.62. The summed E-state index contributed by atoms with van der Waals surface area (Å²) in [6.45, 7) is 3.61. The lowest BCUT2D eigenvalue weighted by molar-refractivity contribution is 0.111. The molecular weight excluding hydrogens is 378 g/mol. The maximum absolute atomic E-state index is 11.1. The number of hydrogen-bond acceptors (Lipinski definition) is 6. The fourth-order valence-electron chi connectivity index (χ4n) is 3.83. The van der Waals surface area contributed by atoms with E-state index in [1.807, 2.05) is 42.5 Å². The summed E-state index contributed by atoms with van der Waals surface area (Å²) in [5, 5.41) is 9.82. The van der Waals surface area contributed by atoms with Gasteiger partial charge in [0.1, 0.15) is 23.0 Å². The van der Waals surface area contributed by atoms with E-state index in [1.54, 1.807) is 6.92 Å². The first-order valence-corrected chi connectivity index (χ1v) is 10.2. The summed E-state index contributed by atoms with van der Waals surface area (Å²) in [5.74, 6) is 2.63. The lowest BCUT2D eigenvalue weighted by Crippen LogP contribution is -2.34.